The van der Waals surface area contributed by atoms with Crippen LogP contribution in [0.1, 0.15) is 12.0 Å². The molecule has 2 N–H and O–H groups in total. The minimum atomic E-state index is -0.449. The molecule has 0 unspecified atom stereocenters. The van der Waals surface area contributed by atoms with Crippen LogP contribution < -0.4 is 5.73 Å². The molecule has 0 atom stereocenters. The van der Waals surface area contributed by atoms with Crippen LogP contribution in [0.25, 0.3) is 11.6 Å². The number of rotatable bonds is 9. The van der Waals surface area contributed by atoms with Gasteiger partial charge in [0.05, 0.1) is 12.0 Å². The third-order valence-corrected chi connectivity index (χ3v) is 5.08. The Morgan fingerprint density at radius 3 is 2.66 bits per heavy atom. The first-order valence-electron chi connectivity index (χ1n) is 8.80. The van der Waals surface area contributed by atoms with Crippen LogP contribution in [0.2, 0.25) is 0 Å². The summed E-state index contributed by atoms with van der Waals surface area (Å²) in [6.07, 6.45) is 1.63. The first kappa shape index (κ1) is 20.6. The zero-order valence-electron chi connectivity index (χ0n) is 15.7. The van der Waals surface area contributed by atoms with Crippen molar-refractivity contribution < 1.29 is 18.4 Å². The smallest absolute Gasteiger partial charge is 0.233 e. The van der Waals surface area contributed by atoms with Crippen LogP contribution >= 0.6 is 11.8 Å². The van der Waals surface area contributed by atoms with Gasteiger partial charge in [0.1, 0.15) is 5.82 Å². The monoisotopic (exact) mass is 417 g/mol. The molecule has 2 aromatic heterocycles. The van der Waals surface area contributed by atoms with E-state index in [9.17, 15) is 14.0 Å². The predicted octanol–water partition coefficient (Wildman–Crippen LogP) is 2.30. The summed E-state index contributed by atoms with van der Waals surface area (Å²) in [7, 11) is 1.68. The van der Waals surface area contributed by atoms with Gasteiger partial charge in [0, 0.05) is 26.6 Å². The SMILES string of the molecule is CN(Cc1ccc(F)cc1)C(=O)CSc1nnc(-c2ccco2)n1CCC(N)=O. The van der Waals surface area contributed by atoms with Gasteiger partial charge in [0.2, 0.25) is 11.8 Å². The number of carbonyl (C=O) groups excluding carboxylic acids is 2. The van der Waals surface area contributed by atoms with Crippen molar-refractivity contribution in [1.29, 1.82) is 0 Å². The quantitative estimate of drug-likeness (QED) is 0.536. The number of primary amides is 1. The van der Waals surface area contributed by atoms with Crippen molar-refractivity contribution in [2.45, 2.75) is 24.7 Å². The Morgan fingerprint density at radius 1 is 1.24 bits per heavy atom. The van der Waals surface area contributed by atoms with Crippen molar-refractivity contribution in [2.24, 2.45) is 5.73 Å². The Hall–Kier alpha value is -3.14. The summed E-state index contributed by atoms with van der Waals surface area (Å²) in [6, 6.07) is 9.47. The topological polar surface area (TPSA) is 107 Å². The lowest BCUT2D eigenvalue weighted by Gasteiger charge is -2.17. The molecule has 3 rings (SSSR count). The van der Waals surface area contributed by atoms with Crippen LogP contribution in [0, 0.1) is 5.82 Å². The minimum absolute atomic E-state index is 0.109. The van der Waals surface area contributed by atoms with Gasteiger partial charge in [0.15, 0.2) is 16.7 Å². The van der Waals surface area contributed by atoms with Gasteiger partial charge in [0.25, 0.3) is 0 Å². The molecule has 0 spiro atoms. The lowest BCUT2D eigenvalue weighted by Crippen LogP contribution is -2.28. The first-order chi connectivity index (χ1) is 13.9. The summed E-state index contributed by atoms with van der Waals surface area (Å²) in [5.74, 6) is 0.212. The third-order valence-electron chi connectivity index (χ3n) is 4.12. The summed E-state index contributed by atoms with van der Waals surface area (Å²) < 4.78 is 20.1. The summed E-state index contributed by atoms with van der Waals surface area (Å²) in [4.78, 5) is 25.2. The number of amides is 2. The second kappa shape index (κ2) is 9.37. The van der Waals surface area contributed by atoms with Crippen LogP contribution in [-0.2, 0) is 22.7 Å². The predicted molar refractivity (Wildman–Crippen MR) is 105 cm³/mol. The molecular weight excluding hydrogens is 397 g/mol. The molecule has 0 radical (unpaired) electrons. The lowest BCUT2D eigenvalue weighted by molar-refractivity contribution is -0.127. The highest BCUT2D eigenvalue weighted by molar-refractivity contribution is 7.99. The van der Waals surface area contributed by atoms with E-state index in [1.807, 2.05) is 0 Å². The van der Waals surface area contributed by atoms with Crippen molar-refractivity contribution >= 4 is 23.6 Å². The van der Waals surface area contributed by atoms with Crippen LogP contribution in [-0.4, -0.2) is 44.3 Å². The molecule has 2 heterocycles. The number of aromatic nitrogens is 3. The normalized spacial score (nSPS) is 10.8. The molecule has 1 aromatic carbocycles. The number of hydrogen-bond donors (Lipinski definition) is 1. The number of furan rings is 1. The number of thioether (sulfide) groups is 1. The number of hydrogen-bond acceptors (Lipinski definition) is 6. The summed E-state index contributed by atoms with van der Waals surface area (Å²) in [5, 5.41) is 8.73. The standard InChI is InChI=1S/C19H20FN5O3S/c1-24(11-13-4-6-14(20)7-5-13)17(27)12-29-19-23-22-18(15-3-2-10-28-15)25(19)9-8-16(21)26/h2-7,10H,8-9,11-12H2,1H3,(H2,21,26). The highest BCUT2D eigenvalue weighted by atomic mass is 32.2. The maximum Gasteiger partial charge on any atom is 0.233 e. The van der Waals surface area contributed by atoms with Crippen LogP contribution in [0.15, 0.2) is 52.2 Å². The molecule has 0 aliphatic heterocycles. The molecule has 0 saturated heterocycles. The van der Waals surface area contributed by atoms with Crippen LogP contribution in [0.5, 0.6) is 0 Å². The molecule has 8 nitrogen and oxygen atoms in total. The fourth-order valence-corrected chi connectivity index (χ4v) is 3.50. The molecule has 2 amide bonds. The van der Waals surface area contributed by atoms with Gasteiger partial charge in [-0.05, 0) is 29.8 Å². The minimum Gasteiger partial charge on any atom is -0.461 e. The highest BCUT2D eigenvalue weighted by Gasteiger charge is 2.19. The Kier molecular flexibility index (Phi) is 6.65. The van der Waals surface area contributed by atoms with E-state index in [1.165, 1.54) is 30.2 Å². The van der Waals surface area contributed by atoms with Crippen molar-refractivity contribution in [3.63, 3.8) is 0 Å². The lowest BCUT2D eigenvalue weighted by atomic mass is 10.2. The maximum absolute atomic E-state index is 13.0. The Morgan fingerprint density at radius 2 is 2.00 bits per heavy atom. The van der Waals surface area contributed by atoms with E-state index in [1.54, 1.807) is 40.8 Å². The molecular formula is C19H20FN5O3S. The molecule has 152 valence electrons. The summed E-state index contributed by atoms with van der Waals surface area (Å²) in [6.45, 7) is 0.645. The molecule has 0 saturated carbocycles. The number of nitrogens with two attached hydrogens (primary N) is 1. The summed E-state index contributed by atoms with van der Waals surface area (Å²) >= 11 is 1.21. The zero-order valence-corrected chi connectivity index (χ0v) is 16.6. The second-order valence-corrected chi connectivity index (χ2v) is 7.26. The fraction of sp³-hybridized carbons (Fsp3) is 0.263. The highest BCUT2D eigenvalue weighted by Crippen LogP contribution is 2.25. The van der Waals surface area contributed by atoms with E-state index < -0.39 is 5.91 Å². The second-order valence-electron chi connectivity index (χ2n) is 6.32. The van der Waals surface area contributed by atoms with E-state index in [4.69, 9.17) is 10.2 Å². The van der Waals surface area contributed by atoms with E-state index >= 15 is 0 Å². The van der Waals surface area contributed by atoms with Gasteiger partial charge in [-0.2, -0.15) is 0 Å². The molecule has 0 aliphatic rings. The van der Waals surface area contributed by atoms with Gasteiger partial charge in [-0.3, -0.25) is 14.2 Å². The zero-order chi connectivity index (χ0) is 20.8. The van der Waals surface area contributed by atoms with Crippen LogP contribution in [0.3, 0.4) is 0 Å². The van der Waals surface area contributed by atoms with Gasteiger partial charge < -0.3 is 15.1 Å². The van der Waals surface area contributed by atoms with Crippen molar-refractivity contribution in [3.8, 4) is 11.6 Å². The molecule has 0 aliphatic carbocycles. The summed E-state index contributed by atoms with van der Waals surface area (Å²) in [5.41, 5.74) is 6.10. The van der Waals surface area contributed by atoms with Crippen molar-refractivity contribution in [3.05, 3.63) is 54.0 Å². The molecule has 29 heavy (non-hydrogen) atoms. The van der Waals surface area contributed by atoms with E-state index in [0.717, 1.165) is 5.56 Å². The van der Waals surface area contributed by atoms with Crippen LogP contribution in [0.4, 0.5) is 4.39 Å². The Bertz CT molecular complexity index is 972. The largest absolute Gasteiger partial charge is 0.461 e. The van der Waals surface area contributed by atoms with E-state index in [0.29, 0.717) is 23.3 Å². The van der Waals surface area contributed by atoms with E-state index in [-0.39, 0.29) is 30.4 Å². The number of nitrogens with zero attached hydrogens (tertiary/aromatic N) is 4. The number of halogens is 1. The average Bonchev–Trinajstić information content (AvgIpc) is 3.35. The number of benzene rings is 1. The molecule has 10 heteroatoms. The average molecular weight is 417 g/mol. The fourth-order valence-electron chi connectivity index (χ4n) is 2.60. The first-order valence-corrected chi connectivity index (χ1v) is 9.79. The van der Waals surface area contributed by atoms with Gasteiger partial charge >= 0.3 is 0 Å². The Balaban J connectivity index is 1.66. The maximum atomic E-state index is 13.0. The van der Waals surface area contributed by atoms with E-state index in [2.05, 4.69) is 10.2 Å². The molecule has 0 fully saturated rings. The molecule has 3 aromatic rings. The number of carbonyl (C=O) groups is 2. The van der Waals surface area contributed by atoms with Gasteiger partial charge in [-0.1, -0.05) is 23.9 Å². The Labute approximate surface area is 170 Å². The van der Waals surface area contributed by atoms with Crippen molar-refractivity contribution in [1.82, 2.24) is 19.7 Å². The third kappa shape index (κ3) is 5.44. The van der Waals surface area contributed by atoms with Crippen molar-refractivity contribution in [2.75, 3.05) is 12.8 Å². The van der Waals surface area contributed by atoms with Gasteiger partial charge in [-0.25, -0.2) is 4.39 Å². The van der Waals surface area contributed by atoms with Gasteiger partial charge in [-0.15, -0.1) is 10.2 Å². The molecule has 0 bridgehead atoms.